The monoisotopic (exact) mass is 307 g/mol. The number of hydrogen-bond acceptors (Lipinski definition) is 5. The second kappa shape index (κ2) is 6.74. The molecule has 1 aliphatic rings. The van der Waals surface area contributed by atoms with Crippen LogP contribution in [-0.2, 0) is 16.6 Å². The van der Waals surface area contributed by atoms with Crippen molar-refractivity contribution in [2.45, 2.75) is 44.2 Å². The lowest BCUT2D eigenvalue weighted by atomic mass is 9.78. The van der Waals surface area contributed by atoms with Crippen molar-refractivity contribution >= 4 is 0 Å². The van der Waals surface area contributed by atoms with Crippen LogP contribution in [0, 0.1) is 0 Å². The van der Waals surface area contributed by atoms with Crippen molar-refractivity contribution in [1.29, 1.82) is 0 Å². The lowest BCUT2D eigenvalue weighted by molar-refractivity contribution is -0.173. The molecule has 120 valence electrons. The molecule has 0 saturated carbocycles. The summed E-state index contributed by atoms with van der Waals surface area (Å²) < 4.78 is 45.7. The van der Waals surface area contributed by atoms with Gasteiger partial charge in [0.25, 0.3) is 0 Å². The van der Waals surface area contributed by atoms with Crippen molar-refractivity contribution in [2.24, 2.45) is 0 Å². The highest BCUT2D eigenvalue weighted by Crippen LogP contribution is 2.33. The number of nitrogens with zero attached hydrogens (tertiary/aromatic N) is 2. The molecule has 0 spiro atoms. The molecule has 1 atom stereocenters. The first kappa shape index (κ1) is 16.2. The molecule has 1 saturated heterocycles. The molecule has 1 aromatic heterocycles. The molecule has 8 heteroatoms. The van der Waals surface area contributed by atoms with Crippen molar-refractivity contribution in [3.63, 3.8) is 0 Å². The van der Waals surface area contributed by atoms with E-state index in [1.807, 2.05) is 0 Å². The Hall–Kier alpha value is -1.15. The zero-order valence-corrected chi connectivity index (χ0v) is 12.0. The van der Waals surface area contributed by atoms with Gasteiger partial charge >= 0.3 is 6.18 Å². The highest BCUT2D eigenvalue weighted by atomic mass is 19.4. The third kappa shape index (κ3) is 4.41. The number of rotatable bonds is 6. The van der Waals surface area contributed by atoms with Gasteiger partial charge in [0.05, 0.1) is 12.0 Å². The topological polar surface area (TPSA) is 60.2 Å². The Bertz CT molecular complexity index is 442. The fourth-order valence-electron chi connectivity index (χ4n) is 2.53. The highest BCUT2D eigenvalue weighted by molar-refractivity contribution is 5.08. The van der Waals surface area contributed by atoms with Crippen LogP contribution in [0.15, 0.2) is 4.52 Å². The molecule has 1 fully saturated rings. The molecular weight excluding hydrogens is 287 g/mol. The number of piperidine rings is 1. The zero-order valence-electron chi connectivity index (χ0n) is 12.0. The Morgan fingerprint density at radius 1 is 1.43 bits per heavy atom. The average molecular weight is 307 g/mol. The van der Waals surface area contributed by atoms with E-state index in [9.17, 15) is 13.2 Å². The van der Waals surface area contributed by atoms with Crippen LogP contribution in [0.25, 0.3) is 0 Å². The Kier molecular flexibility index (Phi) is 5.21. The van der Waals surface area contributed by atoms with E-state index in [0.29, 0.717) is 11.7 Å². The molecule has 1 aliphatic heterocycles. The summed E-state index contributed by atoms with van der Waals surface area (Å²) in [5.74, 6) is 0.966. The van der Waals surface area contributed by atoms with Crippen molar-refractivity contribution in [3.05, 3.63) is 11.7 Å². The minimum atomic E-state index is -4.30. The van der Waals surface area contributed by atoms with Gasteiger partial charge < -0.3 is 14.6 Å². The Morgan fingerprint density at radius 2 is 2.24 bits per heavy atom. The summed E-state index contributed by atoms with van der Waals surface area (Å²) in [6, 6.07) is 0. The van der Waals surface area contributed by atoms with Gasteiger partial charge in [-0.1, -0.05) is 12.1 Å². The molecule has 0 aliphatic carbocycles. The predicted octanol–water partition coefficient (Wildman–Crippen LogP) is 2.22. The van der Waals surface area contributed by atoms with E-state index in [-0.39, 0.29) is 18.4 Å². The summed E-state index contributed by atoms with van der Waals surface area (Å²) in [4.78, 5) is 4.33. The Balaban J connectivity index is 1.88. The van der Waals surface area contributed by atoms with Crippen LogP contribution in [0.2, 0.25) is 0 Å². The third-order valence-electron chi connectivity index (χ3n) is 3.81. The van der Waals surface area contributed by atoms with E-state index in [1.165, 1.54) is 0 Å². The van der Waals surface area contributed by atoms with Crippen LogP contribution in [0.5, 0.6) is 0 Å². The molecule has 2 rings (SSSR count). The first-order valence-corrected chi connectivity index (χ1v) is 7.13. The lowest BCUT2D eigenvalue weighted by Gasteiger charge is -2.33. The van der Waals surface area contributed by atoms with Crippen LogP contribution in [0.4, 0.5) is 13.2 Å². The van der Waals surface area contributed by atoms with Gasteiger partial charge in [0.15, 0.2) is 5.82 Å². The quantitative estimate of drug-likeness (QED) is 0.817. The first-order chi connectivity index (χ1) is 9.95. The number of nitrogens with one attached hydrogen (secondary N) is 1. The van der Waals surface area contributed by atoms with Gasteiger partial charge in [0.2, 0.25) is 5.89 Å². The maximum absolute atomic E-state index is 11.9. The summed E-state index contributed by atoms with van der Waals surface area (Å²) >= 11 is 0. The SMILES string of the molecule is CCC1(c2nc(CCOCC(F)(F)F)no2)CCCNC1. The molecule has 0 radical (unpaired) electrons. The second-order valence-electron chi connectivity index (χ2n) is 5.35. The molecule has 0 amide bonds. The standard InChI is InChI=1S/C13H20F3N3O2/c1-2-12(5-3-6-17-8-12)11-18-10(19-21-11)4-7-20-9-13(14,15)16/h17H,2-9H2,1H3. The van der Waals surface area contributed by atoms with Crippen molar-refractivity contribution in [2.75, 3.05) is 26.3 Å². The van der Waals surface area contributed by atoms with E-state index in [4.69, 9.17) is 4.52 Å². The van der Waals surface area contributed by atoms with Crippen molar-refractivity contribution in [3.8, 4) is 0 Å². The normalized spacial score (nSPS) is 23.4. The summed E-state index contributed by atoms with van der Waals surface area (Å²) in [5.41, 5.74) is -0.156. The number of alkyl halides is 3. The molecule has 0 aromatic carbocycles. The number of ether oxygens (including phenoxy) is 1. The summed E-state index contributed by atoms with van der Waals surface area (Å²) in [5, 5.41) is 7.17. The zero-order chi connectivity index (χ0) is 15.3. The van der Waals surface area contributed by atoms with Gasteiger partial charge in [-0.25, -0.2) is 0 Å². The number of hydrogen-bond donors (Lipinski definition) is 1. The second-order valence-corrected chi connectivity index (χ2v) is 5.35. The largest absolute Gasteiger partial charge is 0.411 e. The van der Waals surface area contributed by atoms with E-state index < -0.39 is 12.8 Å². The highest BCUT2D eigenvalue weighted by Gasteiger charge is 2.37. The number of aromatic nitrogens is 2. The van der Waals surface area contributed by atoms with Gasteiger partial charge in [-0.3, -0.25) is 0 Å². The minimum absolute atomic E-state index is 0.0736. The molecule has 0 bridgehead atoms. The molecular formula is C13H20F3N3O2. The Labute approximate surface area is 121 Å². The van der Waals surface area contributed by atoms with E-state index in [1.54, 1.807) is 0 Å². The van der Waals surface area contributed by atoms with Gasteiger partial charge in [0.1, 0.15) is 6.61 Å². The van der Waals surface area contributed by atoms with Crippen molar-refractivity contribution in [1.82, 2.24) is 15.5 Å². The lowest BCUT2D eigenvalue weighted by Crippen LogP contribution is -2.43. The molecule has 21 heavy (non-hydrogen) atoms. The maximum Gasteiger partial charge on any atom is 0.411 e. The van der Waals surface area contributed by atoms with Crippen LogP contribution in [0.3, 0.4) is 0 Å². The maximum atomic E-state index is 11.9. The molecule has 1 aromatic rings. The summed E-state index contributed by atoms with van der Waals surface area (Å²) in [6.07, 6.45) is -1.19. The van der Waals surface area contributed by atoms with Gasteiger partial charge in [0, 0.05) is 13.0 Å². The predicted molar refractivity (Wildman–Crippen MR) is 68.9 cm³/mol. The smallest absolute Gasteiger partial charge is 0.372 e. The summed E-state index contributed by atoms with van der Waals surface area (Å²) in [7, 11) is 0. The minimum Gasteiger partial charge on any atom is -0.372 e. The molecule has 5 nitrogen and oxygen atoms in total. The fraction of sp³-hybridized carbons (Fsp3) is 0.846. The molecule has 1 unspecified atom stereocenters. The fourth-order valence-corrected chi connectivity index (χ4v) is 2.53. The van der Waals surface area contributed by atoms with Crippen LogP contribution >= 0.6 is 0 Å². The Morgan fingerprint density at radius 3 is 2.86 bits per heavy atom. The van der Waals surface area contributed by atoms with Crippen LogP contribution in [-0.4, -0.2) is 42.6 Å². The third-order valence-corrected chi connectivity index (χ3v) is 3.81. The molecule has 2 heterocycles. The van der Waals surface area contributed by atoms with Gasteiger partial charge in [-0.15, -0.1) is 0 Å². The van der Waals surface area contributed by atoms with E-state index in [0.717, 1.165) is 32.4 Å². The van der Waals surface area contributed by atoms with Gasteiger partial charge in [-0.05, 0) is 25.8 Å². The first-order valence-electron chi connectivity index (χ1n) is 7.13. The van der Waals surface area contributed by atoms with Crippen LogP contribution < -0.4 is 5.32 Å². The number of halogens is 3. The van der Waals surface area contributed by atoms with Crippen LogP contribution in [0.1, 0.15) is 37.9 Å². The van der Waals surface area contributed by atoms with Gasteiger partial charge in [-0.2, -0.15) is 18.2 Å². The van der Waals surface area contributed by atoms with Crippen molar-refractivity contribution < 1.29 is 22.4 Å². The van der Waals surface area contributed by atoms with E-state index >= 15 is 0 Å². The summed E-state index contributed by atoms with van der Waals surface area (Å²) in [6.45, 7) is 2.52. The van der Waals surface area contributed by atoms with E-state index in [2.05, 4.69) is 27.1 Å². The average Bonchev–Trinajstić information content (AvgIpc) is 2.93. The molecule has 1 N–H and O–H groups in total.